The second-order valence-electron chi connectivity index (χ2n) is 5.43. The highest BCUT2D eigenvalue weighted by atomic mass is 79.9. The first-order valence-corrected chi connectivity index (χ1v) is 7.66. The number of hydrogen-bond acceptors (Lipinski definition) is 2. The molecule has 0 bridgehead atoms. The molecule has 0 spiro atoms. The van der Waals surface area contributed by atoms with Gasteiger partial charge in [0.15, 0.2) is 0 Å². The summed E-state index contributed by atoms with van der Waals surface area (Å²) in [4.78, 5) is 12.4. The lowest BCUT2D eigenvalue weighted by Gasteiger charge is -2.17. The molecule has 1 atom stereocenters. The number of halogens is 1. The largest absolute Gasteiger partial charge is 0.376 e. The summed E-state index contributed by atoms with van der Waals surface area (Å²) in [6, 6.07) is 8.09. The standard InChI is InChI=1S/C15H18BrNO2/c16-12-5-3-11(4-6-12)15(7-8-15)14(18)17-10-13-2-1-9-19-13/h3-6,13H,1-2,7-10H2,(H,17,18). The summed E-state index contributed by atoms with van der Waals surface area (Å²) < 4.78 is 6.58. The highest BCUT2D eigenvalue weighted by Crippen LogP contribution is 2.48. The normalized spacial score (nSPS) is 24.2. The van der Waals surface area contributed by atoms with Crippen molar-refractivity contribution in [2.75, 3.05) is 13.2 Å². The third kappa shape index (κ3) is 2.70. The molecule has 3 nitrogen and oxygen atoms in total. The summed E-state index contributed by atoms with van der Waals surface area (Å²) in [6.07, 6.45) is 4.28. The van der Waals surface area contributed by atoms with Crippen molar-refractivity contribution in [3.8, 4) is 0 Å². The number of carbonyl (C=O) groups is 1. The van der Waals surface area contributed by atoms with Gasteiger partial charge in [-0.3, -0.25) is 4.79 Å². The molecule has 1 saturated heterocycles. The van der Waals surface area contributed by atoms with Crippen LogP contribution in [0.2, 0.25) is 0 Å². The van der Waals surface area contributed by atoms with Gasteiger partial charge in [0, 0.05) is 17.6 Å². The Morgan fingerprint density at radius 2 is 2.11 bits per heavy atom. The maximum atomic E-state index is 12.4. The first-order valence-electron chi connectivity index (χ1n) is 6.87. The second-order valence-corrected chi connectivity index (χ2v) is 6.35. The molecule has 2 aliphatic rings. The third-order valence-corrected chi connectivity index (χ3v) is 4.62. The minimum Gasteiger partial charge on any atom is -0.376 e. The number of ether oxygens (including phenoxy) is 1. The molecule has 2 fully saturated rings. The Hall–Kier alpha value is -0.870. The van der Waals surface area contributed by atoms with Crippen molar-refractivity contribution >= 4 is 21.8 Å². The smallest absolute Gasteiger partial charge is 0.230 e. The number of nitrogens with one attached hydrogen (secondary N) is 1. The van der Waals surface area contributed by atoms with Crippen LogP contribution in [-0.4, -0.2) is 25.2 Å². The van der Waals surface area contributed by atoms with Crippen LogP contribution in [-0.2, 0) is 14.9 Å². The Kier molecular flexibility index (Phi) is 3.63. The fourth-order valence-corrected chi connectivity index (χ4v) is 2.99. The van der Waals surface area contributed by atoms with Crippen molar-refractivity contribution in [3.63, 3.8) is 0 Å². The predicted octanol–water partition coefficient (Wildman–Crippen LogP) is 2.78. The van der Waals surface area contributed by atoms with E-state index in [0.717, 1.165) is 42.3 Å². The molecular weight excluding hydrogens is 306 g/mol. The lowest BCUT2D eigenvalue weighted by Crippen LogP contribution is -2.39. The third-order valence-electron chi connectivity index (χ3n) is 4.10. The summed E-state index contributed by atoms with van der Waals surface area (Å²) in [7, 11) is 0. The molecule has 0 aromatic heterocycles. The quantitative estimate of drug-likeness (QED) is 0.925. The van der Waals surface area contributed by atoms with Crippen LogP contribution in [0.15, 0.2) is 28.7 Å². The van der Waals surface area contributed by atoms with Gasteiger partial charge in [0.1, 0.15) is 0 Å². The summed E-state index contributed by atoms with van der Waals surface area (Å²) in [5.41, 5.74) is 0.847. The molecule has 102 valence electrons. The Labute approximate surface area is 121 Å². The van der Waals surface area contributed by atoms with E-state index in [2.05, 4.69) is 21.2 Å². The van der Waals surface area contributed by atoms with Gasteiger partial charge in [-0.15, -0.1) is 0 Å². The van der Waals surface area contributed by atoms with E-state index in [-0.39, 0.29) is 17.4 Å². The van der Waals surface area contributed by atoms with Gasteiger partial charge in [0.25, 0.3) is 0 Å². The molecule has 1 saturated carbocycles. The molecule has 1 aliphatic carbocycles. The van der Waals surface area contributed by atoms with E-state index in [1.807, 2.05) is 24.3 Å². The molecule has 1 aromatic carbocycles. The average molecular weight is 324 g/mol. The first kappa shape index (κ1) is 13.1. The van der Waals surface area contributed by atoms with Gasteiger partial charge in [0.05, 0.1) is 11.5 Å². The van der Waals surface area contributed by atoms with Crippen molar-refractivity contribution in [1.29, 1.82) is 0 Å². The molecule has 1 N–H and O–H groups in total. The summed E-state index contributed by atoms with van der Waals surface area (Å²) in [6.45, 7) is 1.48. The van der Waals surface area contributed by atoms with Crippen LogP contribution in [0.3, 0.4) is 0 Å². The van der Waals surface area contributed by atoms with Gasteiger partial charge in [-0.2, -0.15) is 0 Å². The summed E-state index contributed by atoms with van der Waals surface area (Å²) >= 11 is 3.43. The van der Waals surface area contributed by atoms with Gasteiger partial charge >= 0.3 is 0 Å². The van der Waals surface area contributed by atoms with E-state index < -0.39 is 0 Å². The number of amides is 1. The van der Waals surface area contributed by atoms with Gasteiger partial charge in [-0.05, 0) is 43.4 Å². The van der Waals surface area contributed by atoms with E-state index in [9.17, 15) is 4.79 Å². The van der Waals surface area contributed by atoms with Crippen LogP contribution < -0.4 is 5.32 Å². The first-order chi connectivity index (χ1) is 9.21. The number of hydrogen-bond donors (Lipinski definition) is 1. The van der Waals surface area contributed by atoms with E-state index >= 15 is 0 Å². The Morgan fingerprint density at radius 3 is 2.68 bits per heavy atom. The van der Waals surface area contributed by atoms with Gasteiger partial charge < -0.3 is 10.1 Å². The summed E-state index contributed by atoms with van der Waals surface area (Å²) in [5.74, 6) is 0.158. The van der Waals surface area contributed by atoms with Crippen LogP contribution in [0.1, 0.15) is 31.2 Å². The molecule has 1 heterocycles. The van der Waals surface area contributed by atoms with E-state index in [1.165, 1.54) is 0 Å². The van der Waals surface area contributed by atoms with E-state index in [1.54, 1.807) is 0 Å². The highest BCUT2D eigenvalue weighted by molar-refractivity contribution is 9.10. The van der Waals surface area contributed by atoms with Crippen molar-refractivity contribution in [2.24, 2.45) is 0 Å². The minimum absolute atomic E-state index is 0.158. The lowest BCUT2D eigenvalue weighted by atomic mass is 9.95. The molecule has 1 aromatic rings. The maximum absolute atomic E-state index is 12.4. The maximum Gasteiger partial charge on any atom is 0.230 e. The topological polar surface area (TPSA) is 38.3 Å². The molecule has 1 amide bonds. The van der Waals surface area contributed by atoms with Crippen molar-refractivity contribution < 1.29 is 9.53 Å². The van der Waals surface area contributed by atoms with Crippen LogP contribution in [0, 0.1) is 0 Å². The SMILES string of the molecule is O=C(NCC1CCCO1)C1(c2ccc(Br)cc2)CC1. The fraction of sp³-hybridized carbons (Fsp3) is 0.533. The molecule has 1 aliphatic heterocycles. The van der Waals surface area contributed by atoms with Gasteiger partial charge in [0.2, 0.25) is 5.91 Å². The van der Waals surface area contributed by atoms with E-state index in [0.29, 0.717) is 6.54 Å². The van der Waals surface area contributed by atoms with Gasteiger partial charge in [-0.1, -0.05) is 28.1 Å². The Bertz CT molecular complexity index is 462. The van der Waals surface area contributed by atoms with Crippen LogP contribution in [0.5, 0.6) is 0 Å². The Balaban J connectivity index is 1.63. The van der Waals surface area contributed by atoms with Crippen molar-refractivity contribution in [2.45, 2.75) is 37.2 Å². The highest BCUT2D eigenvalue weighted by Gasteiger charge is 2.51. The van der Waals surface area contributed by atoms with Crippen molar-refractivity contribution in [3.05, 3.63) is 34.3 Å². The van der Waals surface area contributed by atoms with Crippen LogP contribution >= 0.6 is 15.9 Å². The van der Waals surface area contributed by atoms with Gasteiger partial charge in [-0.25, -0.2) is 0 Å². The monoisotopic (exact) mass is 323 g/mol. The minimum atomic E-state index is -0.278. The van der Waals surface area contributed by atoms with Crippen molar-refractivity contribution in [1.82, 2.24) is 5.32 Å². The molecule has 0 radical (unpaired) electrons. The zero-order valence-corrected chi connectivity index (χ0v) is 12.4. The second kappa shape index (κ2) is 5.25. The number of rotatable bonds is 4. The Morgan fingerprint density at radius 1 is 1.37 bits per heavy atom. The molecular formula is C15H18BrNO2. The molecule has 19 heavy (non-hydrogen) atoms. The molecule has 1 unspecified atom stereocenters. The zero-order valence-electron chi connectivity index (χ0n) is 10.8. The van der Waals surface area contributed by atoms with Crippen LogP contribution in [0.4, 0.5) is 0 Å². The van der Waals surface area contributed by atoms with E-state index in [4.69, 9.17) is 4.74 Å². The average Bonchev–Trinajstić information content (AvgIpc) is 3.07. The lowest BCUT2D eigenvalue weighted by molar-refractivity contribution is -0.124. The number of carbonyl (C=O) groups excluding carboxylic acids is 1. The zero-order chi connectivity index (χ0) is 13.3. The van der Waals surface area contributed by atoms with Crippen LogP contribution in [0.25, 0.3) is 0 Å². The molecule has 4 heteroatoms. The predicted molar refractivity (Wildman–Crippen MR) is 77.0 cm³/mol. The number of benzene rings is 1. The summed E-state index contributed by atoms with van der Waals surface area (Å²) in [5, 5.41) is 3.06. The molecule has 3 rings (SSSR count). The fourth-order valence-electron chi connectivity index (χ4n) is 2.72.